The summed E-state index contributed by atoms with van der Waals surface area (Å²) in [6, 6.07) is 6.49. The van der Waals surface area contributed by atoms with Gasteiger partial charge in [-0.05, 0) is 99.1 Å². The number of fused-ring (bicyclic) bond motifs is 5. The van der Waals surface area contributed by atoms with E-state index in [1.54, 1.807) is 6.20 Å². The van der Waals surface area contributed by atoms with Crippen molar-refractivity contribution in [2.45, 2.75) is 81.8 Å². The van der Waals surface area contributed by atoms with E-state index in [1.807, 2.05) is 12.1 Å². The van der Waals surface area contributed by atoms with E-state index in [9.17, 15) is 4.39 Å². The molecule has 220 valence electrons. The Labute approximate surface area is 245 Å². The summed E-state index contributed by atoms with van der Waals surface area (Å²) in [4.78, 5) is 19.0. The smallest absolute Gasteiger partial charge is 0.319 e. The summed E-state index contributed by atoms with van der Waals surface area (Å²) in [6.45, 7) is 3.54. The van der Waals surface area contributed by atoms with E-state index in [2.05, 4.69) is 15.9 Å². The largest absolute Gasteiger partial charge is 0.461 e. The van der Waals surface area contributed by atoms with Crippen LogP contribution in [0.4, 0.5) is 14.6 Å². The molecule has 42 heavy (non-hydrogen) atoms. The van der Waals surface area contributed by atoms with Gasteiger partial charge in [0, 0.05) is 37.8 Å². The summed E-state index contributed by atoms with van der Waals surface area (Å²) in [5.41, 5.74) is 3.91. The summed E-state index contributed by atoms with van der Waals surface area (Å²) in [6.07, 6.45) is 11.9. The molecule has 3 aliphatic heterocycles. The van der Waals surface area contributed by atoms with Gasteiger partial charge in [-0.2, -0.15) is 9.97 Å². The summed E-state index contributed by atoms with van der Waals surface area (Å²) in [5.74, 6) is 2.85. The quantitative estimate of drug-likeness (QED) is 0.339. The lowest BCUT2D eigenvalue weighted by molar-refractivity contribution is 0.107. The van der Waals surface area contributed by atoms with Crippen molar-refractivity contribution in [1.82, 2.24) is 19.9 Å². The number of aromatic nitrogens is 3. The molecule has 0 N–H and O–H groups in total. The van der Waals surface area contributed by atoms with Crippen LogP contribution in [0.3, 0.4) is 0 Å². The molecule has 2 aromatic heterocycles. The van der Waals surface area contributed by atoms with Crippen LogP contribution in [-0.4, -0.2) is 64.3 Å². The lowest BCUT2D eigenvalue weighted by atomic mass is 9.90. The molecular formula is C34H39F2N5O. The number of anilines is 1. The Balaban J connectivity index is 1.14. The number of halogens is 2. The fourth-order valence-corrected chi connectivity index (χ4v) is 9.44. The van der Waals surface area contributed by atoms with Crippen LogP contribution in [0.1, 0.15) is 74.8 Å². The second-order valence-electron chi connectivity index (χ2n) is 14.2. The number of rotatable bonds is 6. The number of hydrogen-bond donors (Lipinski definition) is 0. The Hall–Kier alpha value is -2.87. The predicted molar refractivity (Wildman–Crippen MR) is 158 cm³/mol. The highest BCUT2D eigenvalue weighted by molar-refractivity contribution is 5.92. The van der Waals surface area contributed by atoms with Gasteiger partial charge in [-0.25, -0.2) is 8.78 Å². The van der Waals surface area contributed by atoms with Gasteiger partial charge in [0.15, 0.2) is 5.82 Å². The third-order valence-electron chi connectivity index (χ3n) is 11.5. The molecule has 5 fully saturated rings. The van der Waals surface area contributed by atoms with Gasteiger partial charge in [-0.3, -0.25) is 9.88 Å². The van der Waals surface area contributed by atoms with Crippen molar-refractivity contribution < 1.29 is 13.5 Å². The van der Waals surface area contributed by atoms with Gasteiger partial charge in [-0.15, -0.1) is 0 Å². The molecule has 1 aromatic carbocycles. The number of aryl methyl sites for hydroxylation is 1. The first-order chi connectivity index (χ1) is 20.5. The van der Waals surface area contributed by atoms with E-state index in [4.69, 9.17) is 19.7 Å². The molecule has 8 heteroatoms. The first kappa shape index (κ1) is 25.6. The van der Waals surface area contributed by atoms with Crippen molar-refractivity contribution in [1.29, 1.82) is 0 Å². The van der Waals surface area contributed by atoms with Gasteiger partial charge < -0.3 is 9.64 Å². The van der Waals surface area contributed by atoms with E-state index >= 15 is 4.39 Å². The number of alkyl halides is 1. The maximum atomic E-state index is 16.8. The number of piperidine rings is 1. The fraction of sp³-hybridized carbons (Fsp3) is 0.618. The monoisotopic (exact) mass is 571 g/mol. The average Bonchev–Trinajstić information content (AvgIpc) is 3.31. The normalized spacial score (nSPS) is 32.1. The zero-order chi connectivity index (χ0) is 28.0. The second-order valence-corrected chi connectivity index (χ2v) is 14.2. The molecule has 5 heterocycles. The van der Waals surface area contributed by atoms with Crippen LogP contribution in [0, 0.1) is 23.6 Å². The zero-order valence-electron chi connectivity index (χ0n) is 24.2. The Morgan fingerprint density at radius 1 is 1.02 bits per heavy atom. The van der Waals surface area contributed by atoms with Gasteiger partial charge in [0.1, 0.15) is 29.8 Å². The van der Waals surface area contributed by atoms with Crippen LogP contribution in [0.2, 0.25) is 0 Å². The van der Waals surface area contributed by atoms with Crippen molar-refractivity contribution in [3.8, 4) is 17.3 Å². The maximum Gasteiger partial charge on any atom is 0.319 e. The van der Waals surface area contributed by atoms with E-state index < -0.39 is 6.17 Å². The highest BCUT2D eigenvalue weighted by Crippen LogP contribution is 2.52. The molecule has 3 saturated heterocycles. The Kier molecular flexibility index (Phi) is 5.83. The summed E-state index contributed by atoms with van der Waals surface area (Å²) in [5, 5.41) is 0.654. The molecule has 6 aliphatic rings. The molecule has 0 amide bonds. The highest BCUT2D eigenvalue weighted by atomic mass is 19.1. The van der Waals surface area contributed by atoms with Crippen LogP contribution in [0.15, 0.2) is 24.4 Å². The minimum Gasteiger partial charge on any atom is -0.461 e. The molecule has 5 atom stereocenters. The number of nitrogens with zero attached hydrogens (tertiary/aromatic N) is 5. The van der Waals surface area contributed by atoms with Crippen LogP contribution in [0.25, 0.3) is 22.2 Å². The number of ether oxygens (including phenoxy) is 1. The van der Waals surface area contributed by atoms with Crippen molar-refractivity contribution in [3.63, 3.8) is 0 Å². The molecular weight excluding hydrogens is 532 g/mol. The van der Waals surface area contributed by atoms with E-state index in [1.165, 1.54) is 43.2 Å². The number of pyridine rings is 1. The molecule has 0 spiro atoms. The summed E-state index contributed by atoms with van der Waals surface area (Å²) >= 11 is 0. The first-order valence-corrected chi connectivity index (χ1v) is 16.3. The molecule has 3 aromatic rings. The number of benzene rings is 1. The van der Waals surface area contributed by atoms with Crippen molar-refractivity contribution in [3.05, 3.63) is 41.3 Å². The van der Waals surface area contributed by atoms with Gasteiger partial charge >= 0.3 is 6.01 Å². The molecule has 0 radical (unpaired) electrons. The highest BCUT2D eigenvalue weighted by Gasteiger charge is 2.49. The van der Waals surface area contributed by atoms with Gasteiger partial charge in [0.25, 0.3) is 0 Å². The molecule has 3 aliphatic carbocycles. The van der Waals surface area contributed by atoms with Gasteiger partial charge in [0.05, 0.1) is 10.9 Å². The van der Waals surface area contributed by atoms with Gasteiger partial charge in [0.2, 0.25) is 0 Å². The standard InChI is InChI=1S/C34H39F2N5O/c35-24-14-34(11-2-12-41(34)18-24)19-42-33-38-31-27(32(39-33)40-16-20-5-6-21(13-20)17-40)15-37-30(29(31)36)26-4-1-3-23-9-10-25(28(23)26)22-7-8-22/h1,3-4,15,20-22,24-25H,2,5-14,16-19H2/t20?,21?,24-,25?,34+/m1/s1. The van der Waals surface area contributed by atoms with E-state index in [0.717, 1.165) is 56.7 Å². The Morgan fingerprint density at radius 2 is 1.88 bits per heavy atom. The second kappa shape index (κ2) is 9.57. The third-order valence-corrected chi connectivity index (χ3v) is 11.5. The maximum absolute atomic E-state index is 16.8. The van der Waals surface area contributed by atoms with Crippen LogP contribution >= 0.6 is 0 Å². The van der Waals surface area contributed by atoms with Crippen molar-refractivity contribution in [2.75, 3.05) is 37.7 Å². The average molecular weight is 572 g/mol. The van der Waals surface area contributed by atoms with Crippen molar-refractivity contribution >= 4 is 16.7 Å². The lowest BCUT2D eigenvalue weighted by Gasteiger charge is -2.34. The minimum absolute atomic E-state index is 0.198. The van der Waals surface area contributed by atoms with Crippen LogP contribution in [0.5, 0.6) is 6.01 Å². The van der Waals surface area contributed by atoms with Gasteiger partial charge in [-0.1, -0.05) is 18.2 Å². The topological polar surface area (TPSA) is 54.4 Å². The van der Waals surface area contributed by atoms with E-state index in [0.29, 0.717) is 54.3 Å². The third kappa shape index (κ3) is 4.07. The molecule has 2 bridgehead atoms. The molecule has 6 nitrogen and oxygen atoms in total. The van der Waals surface area contributed by atoms with Crippen LogP contribution in [-0.2, 0) is 6.42 Å². The zero-order valence-corrected chi connectivity index (χ0v) is 24.2. The predicted octanol–water partition coefficient (Wildman–Crippen LogP) is 6.46. The fourth-order valence-electron chi connectivity index (χ4n) is 9.44. The van der Waals surface area contributed by atoms with E-state index in [-0.39, 0.29) is 22.9 Å². The van der Waals surface area contributed by atoms with Crippen LogP contribution < -0.4 is 9.64 Å². The Morgan fingerprint density at radius 3 is 2.71 bits per heavy atom. The summed E-state index contributed by atoms with van der Waals surface area (Å²) < 4.78 is 37.6. The summed E-state index contributed by atoms with van der Waals surface area (Å²) in [7, 11) is 0. The molecule has 9 rings (SSSR count). The molecule has 2 saturated carbocycles. The molecule has 3 unspecified atom stereocenters. The van der Waals surface area contributed by atoms with Crippen molar-refractivity contribution in [2.24, 2.45) is 17.8 Å². The first-order valence-electron chi connectivity index (χ1n) is 16.3. The lowest BCUT2D eigenvalue weighted by Crippen LogP contribution is -2.43. The minimum atomic E-state index is -0.830. The number of hydrogen-bond acceptors (Lipinski definition) is 6. The Bertz CT molecular complexity index is 1550. The SMILES string of the molecule is Fc1c(-c2cccc3c2C(C2CC2)CC3)ncc2c(N3CC4CCC(C4)C3)nc(OC[C@@]34CCCN3C[C@H](F)C4)nc12.